The zero-order valence-electron chi connectivity index (χ0n) is 15.4. The third-order valence-corrected chi connectivity index (χ3v) is 4.58. The largest absolute Gasteiger partial charge is 0.493 e. The van der Waals surface area contributed by atoms with Crippen molar-refractivity contribution in [3.05, 3.63) is 84.4 Å². The average molecular weight is 374 g/mol. The van der Waals surface area contributed by atoms with Gasteiger partial charge in [0.15, 0.2) is 6.61 Å². The fraction of sp³-hybridized carbons (Fsp3) is 0.174. The molecule has 0 spiro atoms. The minimum atomic E-state index is -0.145. The SMILES string of the molecule is O=C(COc1ccc(Nc2ccccc2)cc1)N[C@H]1CCOc2ccccc21. The topological polar surface area (TPSA) is 59.6 Å². The first kappa shape index (κ1) is 17.9. The molecule has 0 bridgehead atoms. The molecule has 1 atom stereocenters. The molecule has 1 aliphatic heterocycles. The molecule has 28 heavy (non-hydrogen) atoms. The van der Waals surface area contributed by atoms with Gasteiger partial charge in [0.2, 0.25) is 0 Å². The lowest BCUT2D eigenvalue weighted by Crippen LogP contribution is -2.35. The highest BCUT2D eigenvalue weighted by atomic mass is 16.5. The first-order valence-electron chi connectivity index (χ1n) is 9.34. The van der Waals surface area contributed by atoms with E-state index < -0.39 is 0 Å². The van der Waals surface area contributed by atoms with E-state index in [0.717, 1.165) is 29.1 Å². The lowest BCUT2D eigenvalue weighted by atomic mass is 10.0. The highest BCUT2D eigenvalue weighted by Crippen LogP contribution is 2.31. The first-order valence-corrected chi connectivity index (χ1v) is 9.34. The van der Waals surface area contributed by atoms with Gasteiger partial charge in [0.25, 0.3) is 5.91 Å². The van der Waals surface area contributed by atoms with Crippen molar-refractivity contribution in [1.29, 1.82) is 0 Å². The number of fused-ring (bicyclic) bond motifs is 1. The summed E-state index contributed by atoms with van der Waals surface area (Å²) in [6, 6.07) is 25.3. The van der Waals surface area contributed by atoms with E-state index in [9.17, 15) is 4.79 Å². The Morgan fingerprint density at radius 2 is 1.64 bits per heavy atom. The van der Waals surface area contributed by atoms with Gasteiger partial charge in [-0.1, -0.05) is 36.4 Å². The van der Waals surface area contributed by atoms with E-state index in [1.165, 1.54) is 0 Å². The van der Waals surface area contributed by atoms with Crippen molar-refractivity contribution in [2.45, 2.75) is 12.5 Å². The molecule has 5 nitrogen and oxygen atoms in total. The van der Waals surface area contributed by atoms with Crippen LogP contribution >= 0.6 is 0 Å². The van der Waals surface area contributed by atoms with Crippen LogP contribution in [0.5, 0.6) is 11.5 Å². The second kappa shape index (κ2) is 8.48. The first-order chi connectivity index (χ1) is 13.8. The number of hydrogen-bond donors (Lipinski definition) is 2. The van der Waals surface area contributed by atoms with Crippen molar-refractivity contribution >= 4 is 17.3 Å². The number of nitrogens with one attached hydrogen (secondary N) is 2. The Labute approximate surface area is 164 Å². The van der Waals surface area contributed by atoms with Crippen LogP contribution in [0, 0.1) is 0 Å². The van der Waals surface area contributed by atoms with Crippen molar-refractivity contribution < 1.29 is 14.3 Å². The van der Waals surface area contributed by atoms with Crippen molar-refractivity contribution in [1.82, 2.24) is 5.32 Å². The van der Waals surface area contributed by atoms with Gasteiger partial charge < -0.3 is 20.1 Å². The Bertz CT molecular complexity index is 926. The summed E-state index contributed by atoms with van der Waals surface area (Å²) in [7, 11) is 0. The number of amides is 1. The Morgan fingerprint density at radius 3 is 2.46 bits per heavy atom. The molecule has 142 valence electrons. The Hall–Kier alpha value is -3.47. The Balaban J connectivity index is 1.29. The molecule has 0 saturated heterocycles. The zero-order valence-corrected chi connectivity index (χ0v) is 15.4. The number of para-hydroxylation sites is 2. The van der Waals surface area contributed by atoms with Crippen LogP contribution in [0.1, 0.15) is 18.0 Å². The van der Waals surface area contributed by atoms with Gasteiger partial charge in [0.1, 0.15) is 11.5 Å². The molecule has 2 N–H and O–H groups in total. The Morgan fingerprint density at radius 1 is 0.929 bits per heavy atom. The third-order valence-electron chi connectivity index (χ3n) is 4.58. The summed E-state index contributed by atoms with van der Waals surface area (Å²) in [5, 5.41) is 6.35. The summed E-state index contributed by atoms with van der Waals surface area (Å²) in [4.78, 5) is 12.3. The predicted molar refractivity (Wildman–Crippen MR) is 109 cm³/mol. The van der Waals surface area contributed by atoms with Crippen LogP contribution in [0.4, 0.5) is 11.4 Å². The Kier molecular flexibility index (Phi) is 5.43. The number of anilines is 2. The molecule has 0 aromatic heterocycles. The van der Waals surface area contributed by atoms with Gasteiger partial charge in [-0.05, 0) is 42.5 Å². The molecule has 5 heteroatoms. The monoisotopic (exact) mass is 374 g/mol. The molecule has 1 aliphatic rings. The quantitative estimate of drug-likeness (QED) is 0.669. The smallest absolute Gasteiger partial charge is 0.258 e. The molecule has 0 aliphatic carbocycles. The molecule has 1 amide bonds. The van der Waals surface area contributed by atoms with Gasteiger partial charge in [-0.15, -0.1) is 0 Å². The number of ether oxygens (including phenoxy) is 2. The second-order valence-corrected chi connectivity index (χ2v) is 6.60. The van der Waals surface area contributed by atoms with Gasteiger partial charge in [0.05, 0.1) is 12.6 Å². The van der Waals surface area contributed by atoms with E-state index in [2.05, 4.69) is 10.6 Å². The molecule has 1 heterocycles. The van der Waals surface area contributed by atoms with Gasteiger partial charge in [-0.25, -0.2) is 0 Å². The normalized spacial score (nSPS) is 15.1. The van der Waals surface area contributed by atoms with E-state index in [1.54, 1.807) is 0 Å². The van der Waals surface area contributed by atoms with E-state index in [-0.39, 0.29) is 18.6 Å². The van der Waals surface area contributed by atoms with Crippen LogP contribution in [0.25, 0.3) is 0 Å². The molecule has 3 aromatic rings. The van der Waals surface area contributed by atoms with Crippen LogP contribution in [0.2, 0.25) is 0 Å². The van der Waals surface area contributed by atoms with Crippen LogP contribution < -0.4 is 20.1 Å². The number of rotatable bonds is 6. The number of benzene rings is 3. The highest BCUT2D eigenvalue weighted by molar-refractivity contribution is 5.78. The lowest BCUT2D eigenvalue weighted by molar-refractivity contribution is -0.124. The molecule has 0 saturated carbocycles. The maximum atomic E-state index is 12.3. The zero-order chi connectivity index (χ0) is 19.2. The number of carbonyl (C=O) groups excluding carboxylic acids is 1. The summed E-state index contributed by atoms with van der Waals surface area (Å²) in [6.45, 7) is 0.573. The van der Waals surface area contributed by atoms with Crippen LogP contribution in [0.15, 0.2) is 78.9 Å². The van der Waals surface area contributed by atoms with Gasteiger partial charge in [-0.3, -0.25) is 4.79 Å². The minimum absolute atomic E-state index is 0.0228. The third kappa shape index (κ3) is 4.43. The molecule has 4 rings (SSSR count). The predicted octanol–water partition coefficient (Wildman–Crippen LogP) is 4.45. The summed E-state index contributed by atoms with van der Waals surface area (Å²) < 4.78 is 11.3. The maximum Gasteiger partial charge on any atom is 0.258 e. The van der Waals surface area contributed by atoms with Crippen molar-refractivity contribution in [3.8, 4) is 11.5 Å². The molecule has 3 aromatic carbocycles. The average Bonchev–Trinajstić information content (AvgIpc) is 2.74. The molecule has 0 radical (unpaired) electrons. The van der Waals surface area contributed by atoms with E-state index >= 15 is 0 Å². The lowest BCUT2D eigenvalue weighted by Gasteiger charge is -2.26. The fourth-order valence-corrected chi connectivity index (χ4v) is 3.20. The summed E-state index contributed by atoms with van der Waals surface area (Å²) in [5.74, 6) is 1.34. The summed E-state index contributed by atoms with van der Waals surface area (Å²) in [5.41, 5.74) is 2.99. The van der Waals surface area contributed by atoms with Crippen LogP contribution in [-0.2, 0) is 4.79 Å². The van der Waals surface area contributed by atoms with E-state index in [4.69, 9.17) is 9.47 Å². The molecule has 0 fully saturated rings. The van der Waals surface area contributed by atoms with Crippen LogP contribution in [-0.4, -0.2) is 19.1 Å². The standard InChI is InChI=1S/C23H22N2O3/c26-23(25-21-14-15-27-22-9-5-4-8-20(21)22)16-28-19-12-10-18(11-13-19)24-17-6-2-1-3-7-17/h1-13,21,24H,14-16H2,(H,25,26)/t21-/m0/s1. The minimum Gasteiger partial charge on any atom is -0.493 e. The summed E-state index contributed by atoms with van der Waals surface area (Å²) >= 11 is 0. The number of hydrogen-bond acceptors (Lipinski definition) is 4. The van der Waals surface area contributed by atoms with Crippen molar-refractivity contribution in [2.75, 3.05) is 18.5 Å². The van der Waals surface area contributed by atoms with E-state index in [1.807, 2.05) is 78.9 Å². The molecule has 0 unspecified atom stereocenters. The molecular formula is C23H22N2O3. The maximum absolute atomic E-state index is 12.3. The van der Waals surface area contributed by atoms with E-state index in [0.29, 0.717) is 12.4 Å². The molecular weight excluding hydrogens is 352 g/mol. The highest BCUT2D eigenvalue weighted by Gasteiger charge is 2.22. The number of carbonyl (C=O) groups is 1. The van der Waals surface area contributed by atoms with Gasteiger partial charge in [0, 0.05) is 23.4 Å². The van der Waals surface area contributed by atoms with Crippen molar-refractivity contribution in [3.63, 3.8) is 0 Å². The fourth-order valence-electron chi connectivity index (χ4n) is 3.20. The van der Waals surface area contributed by atoms with Gasteiger partial charge in [-0.2, -0.15) is 0 Å². The van der Waals surface area contributed by atoms with Crippen molar-refractivity contribution in [2.24, 2.45) is 0 Å². The summed E-state index contributed by atoms with van der Waals surface area (Å²) in [6.07, 6.45) is 0.753. The second-order valence-electron chi connectivity index (χ2n) is 6.60. The van der Waals surface area contributed by atoms with Gasteiger partial charge >= 0.3 is 0 Å². The van der Waals surface area contributed by atoms with Crippen LogP contribution in [0.3, 0.4) is 0 Å².